The Labute approximate surface area is 179 Å². The Morgan fingerprint density at radius 1 is 0.933 bits per heavy atom. The van der Waals surface area contributed by atoms with Gasteiger partial charge in [0, 0.05) is 24.5 Å². The van der Waals surface area contributed by atoms with Gasteiger partial charge in [-0.05, 0) is 35.9 Å². The third-order valence-electron chi connectivity index (χ3n) is 5.61. The minimum atomic E-state index is -0.764. The molecule has 7 nitrogen and oxygen atoms in total. The molecule has 30 heavy (non-hydrogen) atoms. The molecule has 2 amide bonds. The molecule has 0 N–H and O–H groups in total. The van der Waals surface area contributed by atoms with E-state index in [-0.39, 0.29) is 18.4 Å². The summed E-state index contributed by atoms with van der Waals surface area (Å²) in [5.74, 6) is 0.855. The molecule has 2 aromatic rings. The number of carbonyl (C=O) groups is 2. The van der Waals surface area contributed by atoms with E-state index in [4.69, 9.17) is 25.8 Å². The average molecular weight is 429 g/mol. The van der Waals surface area contributed by atoms with Crippen molar-refractivity contribution in [1.29, 1.82) is 0 Å². The van der Waals surface area contributed by atoms with E-state index in [1.54, 1.807) is 28.0 Å². The van der Waals surface area contributed by atoms with Gasteiger partial charge in [-0.25, -0.2) is 0 Å². The molecule has 0 aromatic heterocycles. The second-order valence-electron chi connectivity index (χ2n) is 7.52. The first-order valence-corrected chi connectivity index (χ1v) is 10.4. The van der Waals surface area contributed by atoms with E-state index in [0.29, 0.717) is 54.9 Å². The smallest absolute Gasteiger partial charge is 0.268 e. The van der Waals surface area contributed by atoms with Crippen LogP contribution in [-0.2, 0) is 20.7 Å². The zero-order valence-electron chi connectivity index (χ0n) is 16.3. The first-order valence-electron chi connectivity index (χ1n) is 9.99. The van der Waals surface area contributed by atoms with Crippen LogP contribution in [0.1, 0.15) is 5.56 Å². The van der Waals surface area contributed by atoms with Crippen LogP contribution in [0.4, 0.5) is 5.69 Å². The number of nitrogens with zero attached hydrogens (tertiary/aromatic N) is 2. The fraction of sp³-hybridized carbons (Fsp3) is 0.364. The van der Waals surface area contributed by atoms with Crippen LogP contribution >= 0.6 is 11.6 Å². The van der Waals surface area contributed by atoms with Crippen LogP contribution in [0.2, 0.25) is 5.02 Å². The molecule has 0 spiro atoms. The van der Waals surface area contributed by atoms with Gasteiger partial charge < -0.3 is 24.0 Å². The summed E-state index contributed by atoms with van der Waals surface area (Å²) in [5, 5.41) is 0.610. The van der Waals surface area contributed by atoms with Crippen molar-refractivity contribution < 1.29 is 23.8 Å². The lowest BCUT2D eigenvalue weighted by Gasteiger charge is -2.37. The highest BCUT2D eigenvalue weighted by molar-refractivity contribution is 6.30. The number of amides is 2. The molecule has 3 heterocycles. The van der Waals surface area contributed by atoms with E-state index in [1.165, 1.54) is 0 Å². The normalized spacial score (nSPS) is 22.6. The summed E-state index contributed by atoms with van der Waals surface area (Å²) < 4.78 is 17.2. The van der Waals surface area contributed by atoms with Gasteiger partial charge in [0.1, 0.15) is 11.5 Å². The number of carbonyl (C=O) groups excluding carboxylic acids is 2. The molecular formula is C22H21ClN2O5. The van der Waals surface area contributed by atoms with Crippen LogP contribution in [0.15, 0.2) is 42.5 Å². The molecule has 3 aliphatic rings. The van der Waals surface area contributed by atoms with Crippen LogP contribution in [0, 0.1) is 0 Å². The zero-order valence-corrected chi connectivity index (χ0v) is 17.0. The number of para-hydroxylation sites is 2. The van der Waals surface area contributed by atoms with E-state index < -0.39 is 12.2 Å². The van der Waals surface area contributed by atoms with Gasteiger partial charge in [0.2, 0.25) is 0 Å². The number of benzene rings is 2. The van der Waals surface area contributed by atoms with Crippen LogP contribution < -0.4 is 14.4 Å². The predicted molar refractivity (Wildman–Crippen MR) is 110 cm³/mol. The first-order chi connectivity index (χ1) is 14.6. The van der Waals surface area contributed by atoms with E-state index in [9.17, 15) is 9.59 Å². The molecule has 0 saturated carbocycles. The maximum atomic E-state index is 13.4. The minimum Gasteiger partial charge on any atom is -0.480 e. The third kappa shape index (κ3) is 3.48. The highest BCUT2D eigenvalue weighted by atomic mass is 35.5. The highest BCUT2D eigenvalue weighted by Crippen LogP contribution is 2.37. The quantitative estimate of drug-likeness (QED) is 0.734. The Morgan fingerprint density at radius 2 is 1.70 bits per heavy atom. The topological polar surface area (TPSA) is 68.3 Å². The van der Waals surface area contributed by atoms with Gasteiger partial charge in [0.05, 0.1) is 25.4 Å². The molecule has 5 rings (SSSR count). The minimum absolute atomic E-state index is 0.131. The summed E-state index contributed by atoms with van der Waals surface area (Å²) in [5.41, 5.74) is 1.55. The van der Waals surface area contributed by atoms with Crippen LogP contribution in [0.3, 0.4) is 0 Å². The second kappa shape index (κ2) is 7.81. The van der Waals surface area contributed by atoms with Crippen molar-refractivity contribution in [2.24, 2.45) is 0 Å². The van der Waals surface area contributed by atoms with Gasteiger partial charge in [-0.2, -0.15) is 0 Å². The number of fused-ring (bicyclic) bond motifs is 2. The molecule has 0 unspecified atom stereocenters. The predicted octanol–water partition coefficient (Wildman–Crippen LogP) is 2.30. The number of ether oxygens (including phenoxy) is 3. The summed E-state index contributed by atoms with van der Waals surface area (Å²) >= 11 is 6.08. The molecule has 0 bridgehead atoms. The fourth-order valence-electron chi connectivity index (χ4n) is 4.09. The lowest BCUT2D eigenvalue weighted by atomic mass is 10.1. The molecule has 2 aromatic carbocycles. The van der Waals surface area contributed by atoms with Gasteiger partial charge in [0.25, 0.3) is 11.8 Å². The molecular weight excluding hydrogens is 408 g/mol. The Hall–Kier alpha value is -2.77. The van der Waals surface area contributed by atoms with Gasteiger partial charge in [0.15, 0.2) is 12.2 Å². The monoisotopic (exact) mass is 428 g/mol. The maximum Gasteiger partial charge on any atom is 0.268 e. The zero-order chi connectivity index (χ0) is 20.7. The third-order valence-corrected chi connectivity index (χ3v) is 5.85. The standard InChI is InChI=1S/C22H21ClN2O5/c23-15-5-6-17-14(11-15)12-19(29-17)22(27)25-13-20(21(26)24-7-9-28-10-8-24)30-18-4-2-1-3-16(18)25/h1-6,11,19-20H,7-10,12-13H2/t19-,20+/m0/s1. The van der Waals surface area contributed by atoms with Crippen molar-refractivity contribution in [2.75, 3.05) is 37.7 Å². The first kappa shape index (κ1) is 19.2. The van der Waals surface area contributed by atoms with Crippen molar-refractivity contribution in [3.8, 4) is 11.5 Å². The number of hydrogen-bond acceptors (Lipinski definition) is 5. The highest BCUT2D eigenvalue weighted by Gasteiger charge is 2.40. The molecule has 156 valence electrons. The number of rotatable bonds is 2. The Kier molecular flexibility index (Phi) is 5.00. The molecule has 0 aliphatic carbocycles. The fourth-order valence-corrected chi connectivity index (χ4v) is 4.28. The lowest BCUT2D eigenvalue weighted by molar-refractivity contribution is -0.143. The van der Waals surface area contributed by atoms with Crippen molar-refractivity contribution in [1.82, 2.24) is 4.90 Å². The van der Waals surface area contributed by atoms with Gasteiger partial charge >= 0.3 is 0 Å². The average Bonchev–Trinajstić information content (AvgIpc) is 3.21. The molecule has 3 aliphatic heterocycles. The summed E-state index contributed by atoms with van der Waals surface area (Å²) in [6.45, 7) is 2.21. The molecule has 8 heteroatoms. The summed E-state index contributed by atoms with van der Waals surface area (Å²) in [7, 11) is 0. The Balaban J connectivity index is 1.39. The molecule has 2 atom stereocenters. The van der Waals surface area contributed by atoms with Crippen LogP contribution in [-0.4, -0.2) is 61.8 Å². The molecule has 1 fully saturated rings. The van der Waals surface area contributed by atoms with Gasteiger partial charge in [-0.1, -0.05) is 23.7 Å². The van der Waals surface area contributed by atoms with E-state index >= 15 is 0 Å². The van der Waals surface area contributed by atoms with Crippen molar-refractivity contribution in [3.05, 3.63) is 53.1 Å². The van der Waals surface area contributed by atoms with Crippen LogP contribution in [0.5, 0.6) is 11.5 Å². The number of hydrogen-bond donors (Lipinski definition) is 0. The largest absolute Gasteiger partial charge is 0.480 e. The van der Waals surface area contributed by atoms with Crippen molar-refractivity contribution in [3.63, 3.8) is 0 Å². The number of halogens is 1. The van der Waals surface area contributed by atoms with E-state index in [1.807, 2.05) is 24.3 Å². The number of anilines is 1. The second-order valence-corrected chi connectivity index (χ2v) is 7.96. The SMILES string of the molecule is O=C([C@H]1CN(C(=O)[C@@H]2Cc3cc(Cl)ccc3O2)c2ccccc2O1)N1CCOCC1. The summed E-state index contributed by atoms with van der Waals surface area (Å²) in [6, 6.07) is 12.6. The van der Waals surface area contributed by atoms with E-state index in [2.05, 4.69) is 0 Å². The summed E-state index contributed by atoms with van der Waals surface area (Å²) in [6.07, 6.45) is -0.986. The van der Waals surface area contributed by atoms with Gasteiger partial charge in [-0.3, -0.25) is 9.59 Å². The lowest BCUT2D eigenvalue weighted by Crippen LogP contribution is -2.55. The van der Waals surface area contributed by atoms with E-state index in [0.717, 1.165) is 5.56 Å². The Morgan fingerprint density at radius 3 is 2.53 bits per heavy atom. The summed E-state index contributed by atoms with van der Waals surface area (Å²) in [4.78, 5) is 29.8. The number of morpholine rings is 1. The van der Waals surface area contributed by atoms with Gasteiger partial charge in [-0.15, -0.1) is 0 Å². The van der Waals surface area contributed by atoms with Crippen molar-refractivity contribution >= 4 is 29.1 Å². The van der Waals surface area contributed by atoms with Crippen LogP contribution in [0.25, 0.3) is 0 Å². The Bertz CT molecular complexity index is 991. The maximum absolute atomic E-state index is 13.4. The van der Waals surface area contributed by atoms with Crippen molar-refractivity contribution in [2.45, 2.75) is 18.6 Å². The molecule has 0 radical (unpaired) electrons. The molecule has 1 saturated heterocycles.